The summed E-state index contributed by atoms with van der Waals surface area (Å²) in [4.78, 5) is 11.1. The Labute approximate surface area is 107 Å². The van der Waals surface area contributed by atoms with E-state index < -0.39 is 0 Å². The molecule has 1 aromatic carbocycles. The topological polar surface area (TPSA) is 47.6 Å². The number of hydrogen-bond donors (Lipinski definition) is 1. The van der Waals surface area contributed by atoms with Crippen molar-refractivity contribution < 1.29 is 14.3 Å². The molecule has 0 saturated heterocycles. The van der Waals surface area contributed by atoms with Gasteiger partial charge in [0.1, 0.15) is 0 Å². The first kappa shape index (κ1) is 12.9. The van der Waals surface area contributed by atoms with Gasteiger partial charge in [-0.2, -0.15) is 0 Å². The van der Waals surface area contributed by atoms with Crippen LogP contribution in [0.4, 0.5) is 0 Å². The minimum absolute atomic E-state index is 0.316. The molecule has 0 fully saturated rings. The van der Waals surface area contributed by atoms with Crippen molar-refractivity contribution in [3.8, 4) is 11.5 Å². The van der Waals surface area contributed by atoms with E-state index in [2.05, 4.69) is 12.2 Å². The molecule has 0 aromatic heterocycles. The first-order valence-corrected chi connectivity index (χ1v) is 6.22. The summed E-state index contributed by atoms with van der Waals surface area (Å²) in [7, 11) is 1.94. The van der Waals surface area contributed by atoms with E-state index in [0.29, 0.717) is 18.3 Å². The fourth-order valence-corrected chi connectivity index (χ4v) is 2.38. The number of carbonyl (C=O) groups is 1. The number of hydrogen-bond acceptors (Lipinski definition) is 4. The minimum Gasteiger partial charge on any atom is -0.489 e. The molecule has 1 atom stereocenters. The molecule has 1 unspecified atom stereocenters. The van der Waals surface area contributed by atoms with Crippen LogP contribution in [0.2, 0.25) is 0 Å². The second-order valence-corrected chi connectivity index (χ2v) is 4.62. The molecule has 2 rings (SSSR count). The summed E-state index contributed by atoms with van der Waals surface area (Å²) in [6.07, 6.45) is 1.02. The van der Waals surface area contributed by atoms with E-state index in [0.717, 1.165) is 18.7 Å². The Morgan fingerprint density at radius 3 is 3.00 bits per heavy atom. The Morgan fingerprint density at radius 1 is 1.56 bits per heavy atom. The average molecular weight is 249 g/mol. The van der Waals surface area contributed by atoms with Gasteiger partial charge in [0.2, 0.25) is 0 Å². The highest BCUT2D eigenvalue weighted by molar-refractivity contribution is 5.71. The summed E-state index contributed by atoms with van der Waals surface area (Å²) in [6.45, 7) is 5.08. The summed E-state index contributed by atoms with van der Waals surface area (Å²) in [5.74, 6) is 1.34. The molecule has 1 N–H and O–H groups in total. The summed E-state index contributed by atoms with van der Waals surface area (Å²) in [5, 5.41) is 3.15. The van der Waals surface area contributed by atoms with Crippen LogP contribution in [0.15, 0.2) is 12.1 Å². The molecular weight excluding hydrogens is 230 g/mol. The number of fused-ring (bicyclic) bond motifs is 1. The van der Waals surface area contributed by atoms with Gasteiger partial charge in [-0.1, -0.05) is 6.07 Å². The normalized spacial score (nSPS) is 17.2. The van der Waals surface area contributed by atoms with E-state index in [-0.39, 0.29) is 5.97 Å². The van der Waals surface area contributed by atoms with Crippen LogP contribution in [-0.2, 0) is 4.79 Å². The summed E-state index contributed by atoms with van der Waals surface area (Å²) in [5.41, 5.74) is 2.38. The van der Waals surface area contributed by atoms with Crippen LogP contribution in [-0.4, -0.2) is 26.2 Å². The lowest BCUT2D eigenvalue weighted by Gasteiger charge is -2.12. The van der Waals surface area contributed by atoms with Gasteiger partial charge < -0.3 is 14.8 Å². The lowest BCUT2D eigenvalue weighted by atomic mass is 9.93. The molecule has 0 radical (unpaired) electrons. The summed E-state index contributed by atoms with van der Waals surface area (Å²) in [6, 6.07) is 3.79. The first-order valence-electron chi connectivity index (χ1n) is 6.22. The highest BCUT2D eigenvalue weighted by Gasteiger charge is 2.29. The SMILES string of the molecule is CNCCC1COc2c(OC(C)=O)ccc(C)c21. The smallest absolute Gasteiger partial charge is 0.308 e. The van der Waals surface area contributed by atoms with Gasteiger partial charge in [0, 0.05) is 18.4 Å². The van der Waals surface area contributed by atoms with Crippen molar-refractivity contribution in [3.63, 3.8) is 0 Å². The second-order valence-electron chi connectivity index (χ2n) is 4.62. The van der Waals surface area contributed by atoms with Crippen LogP contribution < -0.4 is 14.8 Å². The number of aryl methyl sites for hydroxylation is 1. The largest absolute Gasteiger partial charge is 0.489 e. The lowest BCUT2D eigenvalue weighted by Crippen LogP contribution is -2.13. The molecule has 1 heterocycles. The number of carbonyl (C=O) groups excluding carboxylic acids is 1. The molecule has 98 valence electrons. The molecule has 1 aliphatic heterocycles. The highest BCUT2D eigenvalue weighted by Crippen LogP contribution is 2.44. The van der Waals surface area contributed by atoms with Crippen molar-refractivity contribution in [2.45, 2.75) is 26.2 Å². The van der Waals surface area contributed by atoms with Gasteiger partial charge in [0.15, 0.2) is 11.5 Å². The molecule has 18 heavy (non-hydrogen) atoms. The molecule has 1 aliphatic rings. The maximum absolute atomic E-state index is 11.1. The Balaban J connectivity index is 2.30. The fraction of sp³-hybridized carbons (Fsp3) is 0.500. The Morgan fingerprint density at radius 2 is 2.33 bits per heavy atom. The van der Waals surface area contributed by atoms with Gasteiger partial charge >= 0.3 is 5.97 Å². The maximum atomic E-state index is 11.1. The van der Waals surface area contributed by atoms with E-state index in [1.54, 1.807) is 6.07 Å². The van der Waals surface area contributed by atoms with Crippen LogP contribution in [0.3, 0.4) is 0 Å². The average Bonchev–Trinajstić information content (AvgIpc) is 2.74. The van der Waals surface area contributed by atoms with Crippen LogP contribution in [0.5, 0.6) is 11.5 Å². The van der Waals surface area contributed by atoms with Gasteiger partial charge in [-0.05, 0) is 38.6 Å². The zero-order chi connectivity index (χ0) is 13.1. The van der Waals surface area contributed by atoms with Gasteiger partial charge in [-0.3, -0.25) is 4.79 Å². The minimum atomic E-state index is -0.316. The number of esters is 1. The number of nitrogens with one attached hydrogen (secondary N) is 1. The first-order chi connectivity index (χ1) is 8.63. The Kier molecular flexibility index (Phi) is 3.87. The van der Waals surface area contributed by atoms with E-state index in [1.807, 2.05) is 13.1 Å². The lowest BCUT2D eigenvalue weighted by molar-refractivity contribution is -0.132. The summed E-state index contributed by atoms with van der Waals surface area (Å²) < 4.78 is 10.9. The third kappa shape index (κ3) is 2.48. The molecule has 4 heteroatoms. The molecule has 0 bridgehead atoms. The van der Waals surface area contributed by atoms with Gasteiger partial charge in [-0.15, -0.1) is 0 Å². The third-order valence-electron chi connectivity index (χ3n) is 3.21. The van der Waals surface area contributed by atoms with Crippen molar-refractivity contribution >= 4 is 5.97 Å². The maximum Gasteiger partial charge on any atom is 0.308 e. The molecule has 0 spiro atoms. The zero-order valence-electron chi connectivity index (χ0n) is 11.1. The monoisotopic (exact) mass is 249 g/mol. The quantitative estimate of drug-likeness (QED) is 0.655. The zero-order valence-corrected chi connectivity index (χ0v) is 11.1. The second kappa shape index (κ2) is 5.40. The number of rotatable bonds is 4. The Bertz CT molecular complexity index is 457. The van der Waals surface area contributed by atoms with E-state index in [1.165, 1.54) is 18.1 Å². The van der Waals surface area contributed by atoms with Crippen LogP contribution in [0, 0.1) is 6.92 Å². The van der Waals surface area contributed by atoms with Crippen molar-refractivity contribution in [2.24, 2.45) is 0 Å². The van der Waals surface area contributed by atoms with E-state index in [9.17, 15) is 4.79 Å². The fourth-order valence-electron chi connectivity index (χ4n) is 2.38. The molecule has 0 amide bonds. The van der Waals surface area contributed by atoms with Gasteiger partial charge in [-0.25, -0.2) is 0 Å². The third-order valence-corrected chi connectivity index (χ3v) is 3.21. The molecular formula is C14H19NO3. The standard InChI is InChI=1S/C14H19NO3/c1-9-4-5-12(18-10(2)16)14-13(9)11(8-17-14)6-7-15-3/h4-5,11,15H,6-8H2,1-3H3. The Hall–Kier alpha value is -1.55. The van der Waals surface area contributed by atoms with E-state index in [4.69, 9.17) is 9.47 Å². The van der Waals surface area contributed by atoms with Crippen molar-refractivity contribution in [3.05, 3.63) is 23.3 Å². The van der Waals surface area contributed by atoms with Gasteiger partial charge in [0.05, 0.1) is 6.61 Å². The molecule has 0 saturated carbocycles. The van der Waals surface area contributed by atoms with Crippen LogP contribution >= 0.6 is 0 Å². The van der Waals surface area contributed by atoms with Crippen LogP contribution in [0.1, 0.15) is 30.4 Å². The number of benzene rings is 1. The van der Waals surface area contributed by atoms with Crippen molar-refractivity contribution in [2.75, 3.05) is 20.2 Å². The highest BCUT2D eigenvalue weighted by atomic mass is 16.6. The molecule has 0 aliphatic carbocycles. The predicted octanol–water partition coefficient (Wildman–Crippen LogP) is 2.01. The van der Waals surface area contributed by atoms with Crippen LogP contribution in [0.25, 0.3) is 0 Å². The molecule has 1 aromatic rings. The summed E-state index contributed by atoms with van der Waals surface area (Å²) >= 11 is 0. The molecule has 4 nitrogen and oxygen atoms in total. The van der Waals surface area contributed by atoms with Crippen molar-refractivity contribution in [1.82, 2.24) is 5.32 Å². The van der Waals surface area contributed by atoms with Crippen molar-refractivity contribution in [1.29, 1.82) is 0 Å². The van der Waals surface area contributed by atoms with Gasteiger partial charge in [0.25, 0.3) is 0 Å². The predicted molar refractivity (Wildman–Crippen MR) is 69.3 cm³/mol. The number of ether oxygens (including phenoxy) is 2. The van der Waals surface area contributed by atoms with E-state index >= 15 is 0 Å².